The number of nitrogens with zero attached hydrogens (tertiary/aromatic N) is 4. The van der Waals surface area contributed by atoms with Crippen LogP contribution >= 0.6 is 0 Å². The van der Waals surface area contributed by atoms with Crippen molar-refractivity contribution in [2.24, 2.45) is 0 Å². The number of likely N-dealkylation sites (tertiary alicyclic amines) is 1. The van der Waals surface area contributed by atoms with E-state index in [4.69, 9.17) is 19.4 Å². The van der Waals surface area contributed by atoms with Gasteiger partial charge < -0.3 is 19.5 Å². The molecule has 0 unspecified atom stereocenters. The first kappa shape index (κ1) is 24.5. The molecule has 2 saturated heterocycles. The lowest BCUT2D eigenvalue weighted by Gasteiger charge is -2.23. The molecule has 180 valence electrons. The molecule has 2 atom stereocenters. The number of aryl methyl sites for hydroxylation is 2. The highest BCUT2D eigenvalue weighted by atomic mass is 19.4. The van der Waals surface area contributed by atoms with Crippen LogP contribution in [-0.4, -0.2) is 74.2 Å². The van der Waals surface area contributed by atoms with Crippen LogP contribution in [0.4, 0.5) is 13.2 Å². The van der Waals surface area contributed by atoms with E-state index < -0.39 is 12.1 Å². The number of halogens is 3. The van der Waals surface area contributed by atoms with E-state index in [-0.39, 0.29) is 17.6 Å². The Hall–Kier alpha value is -3.15. The van der Waals surface area contributed by atoms with Crippen LogP contribution in [0.5, 0.6) is 5.88 Å². The zero-order chi connectivity index (χ0) is 24.2. The number of carboxylic acid groups (broad SMARTS) is 1. The first-order valence-corrected chi connectivity index (χ1v) is 10.4. The molecule has 0 bridgehead atoms. The second kappa shape index (κ2) is 9.77. The monoisotopic (exact) mass is 470 g/mol. The van der Waals surface area contributed by atoms with Gasteiger partial charge in [0.2, 0.25) is 5.88 Å². The van der Waals surface area contributed by atoms with Gasteiger partial charge in [-0.3, -0.25) is 9.48 Å². The molecule has 1 amide bonds. The van der Waals surface area contributed by atoms with Crippen molar-refractivity contribution in [2.45, 2.75) is 51.1 Å². The van der Waals surface area contributed by atoms with Gasteiger partial charge >= 0.3 is 12.1 Å². The number of ether oxygens (including phenoxy) is 2. The van der Waals surface area contributed by atoms with E-state index in [2.05, 4.69) is 10.1 Å². The van der Waals surface area contributed by atoms with E-state index in [1.807, 2.05) is 43.0 Å². The van der Waals surface area contributed by atoms with Crippen LogP contribution in [0.25, 0.3) is 0 Å². The predicted molar refractivity (Wildman–Crippen MR) is 109 cm³/mol. The van der Waals surface area contributed by atoms with E-state index in [0.29, 0.717) is 37.8 Å². The van der Waals surface area contributed by atoms with Crippen LogP contribution < -0.4 is 4.74 Å². The van der Waals surface area contributed by atoms with Gasteiger partial charge in [-0.25, -0.2) is 9.78 Å². The van der Waals surface area contributed by atoms with Crippen LogP contribution in [0.2, 0.25) is 0 Å². The summed E-state index contributed by atoms with van der Waals surface area (Å²) in [6.45, 7) is 6.42. The van der Waals surface area contributed by atoms with E-state index in [9.17, 15) is 18.0 Å². The highest BCUT2D eigenvalue weighted by Gasteiger charge is 2.48. The molecule has 0 aliphatic carbocycles. The van der Waals surface area contributed by atoms with Gasteiger partial charge in [0.25, 0.3) is 5.91 Å². The summed E-state index contributed by atoms with van der Waals surface area (Å²) >= 11 is 0. The molecule has 0 saturated carbocycles. The summed E-state index contributed by atoms with van der Waals surface area (Å²) in [6.07, 6.45) is -1.78. The molecule has 2 aliphatic heterocycles. The number of pyridine rings is 1. The minimum absolute atomic E-state index is 0.0247. The van der Waals surface area contributed by atoms with E-state index in [0.717, 1.165) is 18.5 Å². The Morgan fingerprint density at radius 2 is 2.09 bits per heavy atom. The SMILES string of the molecule is CCn1nc(C)cc1C(=O)N1CC[C@]2(C[C@H](Oc3ccccn3)CO2)C1.O=C(O)C(F)(F)F. The third-order valence-electron chi connectivity index (χ3n) is 5.37. The fourth-order valence-corrected chi connectivity index (χ4v) is 3.89. The van der Waals surface area contributed by atoms with Crippen LogP contribution in [0.3, 0.4) is 0 Å². The molecule has 33 heavy (non-hydrogen) atoms. The van der Waals surface area contributed by atoms with E-state index >= 15 is 0 Å². The van der Waals surface area contributed by atoms with Crippen LogP contribution in [0, 0.1) is 6.92 Å². The molecule has 4 rings (SSSR count). The zero-order valence-electron chi connectivity index (χ0n) is 18.2. The van der Waals surface area contributed by atoms with Crippen molar-refractivity contribution < 1.29 is 37.3 Å². The molecule has 2 fully saturated rings. The number of hydrogen-bond donors (Lipinski definition) is 1. The number of hydrogen-bond acceptors (Lipinski definition) is 6. The number of alkyl halides is 3. The minimum Gasteiger partial charge on any atom is -0.475 e. The van der Waals surface area contributed by atoms with Crippen molar-refractivity contribution in [3.63, 3.8) is 0 Å². The Morgan fingerprint density at radius 3 is 2.70 bits per heavy atom. The molecule has 9 nitrogen and oxygen atoms in total. The summed E-state index contributed by atoms with van der Waals surface area (Å²) in [5.74, 6) is -2.11. The van der Waals surface area contributed by atoms with Crippen molar-refractivity contribution in [1.82, 2.24) is 19.7 Å². The third-order valence-corrected chi connectivity index (χ3v) is 5.37. The Bertz CT molecular complexity index is 982. The fourth-order valence-electron chi connectivity index (χ4n) is 3.89. The van der Waals surface area contributed by atoms with Crippen molar-refractivity contribution in [1.29, 1.82) is 0 Å². The number of rotatable bonds is 4. The highest BCUT2D eigenvalue weighted by Crippen LogP contribution is 2.37. The Morgan fingerprint density at radius 1 is 1.36 bits per heavy atom. The molecule has 2 aromatic heterocycles. The lowest BCUT2D eigenvalue weighted by Crippen LogP contribution is -2.37. The van der Waals surface area contributed by atoms with E-state index in [1.54, 1.807) is 10.9 Å². The standard InChI is InChI=1S/C19H24N4O3.C2HF3O2/c1-3-23-16(10-14(2)21-23)18(24)22-9-7-19(13-22)11-15(12-25-19)26-17-6-4-5-8-20-17;3-2(4,5)1(6)7/h4-6,8,10,15H,3,7,9,11-13H2,1-2H3;(H,6,7)/t15-,19-;/m0./s1. The molecule has 1 N–H and O–H groups in total. The fraction of sp³-hybridized carbons (Fsp3) is 0.524. The Kier molecular flexibility index (Phi) is 7.25. The van der Waals surface area contributed by atoms with Gasteiger partial charge in [0.1, 0.15) is 11.8 Å². The molecule has 12 heteroatoms. The summed E-state index contributed by atoms with van der Waals surface area (Å²) < 4.78 is 45.5. The van der Waals surface area contributed by atoms with Gasteiger partial charge in [0.05, 0.1) is 24.4 Å². The molecular weight excluding hydrogens is 445 g/mol. The summed E-state index contributed by atoms with van der Waals surface area (Å²) in [4.78, 5) is 27.9. The first-order valence-electron chi connectivity index (χ1n) is 10.4. The predicted octanol–water partition coefficient (Wildman–Crippen LogP) is 2.69. The Labute approximate surface area is 188 Å². The van der Waals surface area contributed by atoms with Crippen molar-refractivity contribution in [3.05, 3.63) is 41.9 Å². The quantitative estimate of drug-likeness (QED) is 0.732. The lowest BCUT2D eigenvalue weighted by atomic mass is 9.98. The molecule has 1 spiro atoms. The third kappa shape index (κ3) is 6.01. The number of carbonyl (C=O) groups is 2. The normalized spacial score (nSPS) is 22.2. The summed E-state index contributed by atoms with van der Waals surface area (Å²) in [5, 5.41) is 11.5. The second-order valence-electron chi connectivity index (χ2n) is 7.87. The van der Waals surface area contributed by atoms with Crippen molar-refractivity contribution >= 4 is 11.9 Å². The number of carbonyl (C=O) groups excluding carboxylic acids is 1. The molecule has 4 heterocycles. The van der Waals surface area contributed by atoms with Gasteiger partial charge in [0, 0.05) is 31.8 Å². The molecule has 0 aromatic carbocycles. The summed E-state index contributed by atoms with van der Waals surface area (Å²) in [6, 6.07) is 7.48. The lowest BCUT2D eigenvalue weighted by molar-refractivity contribution is -0.192. The maximum absolute atomic E-state index is 12.9. The topological polar surface area (TPSA) is 107 Å². The smallest absolute Gasteiger partial charge is 0.475 e. The van der Waals surface area contributed by atoms with Crippen molar-refractivity contribution in [3.8, 4) is 5.88 Å². The van der Waals surface area contributed by atoms with Gasteiger partial charge in [-0.05, 0) is 32.4 Å². The second-order valence-corrected chi connectivity index (χ2v) is 7.87. The molecule has 2 aliphatic rings. The first-order chi connectivity index (χ1) is 15.5. The Balaban J connectivity index is 0.000000383. The van der Waals surface area contributed by atoms with Gasteiger partial charge in [-0.15, -0.1) is 0 Å². The number of aliphatic carboxylic acids is 1. The molecular formula is C21H25F3N4O5. The molecule has 0 radical (unpaired) electrons. The van der Waals surface area contributed by atoms with Gasteiger partial charge in [-0.1, -0.05) is 6.07 Å². The van der Waals surface area contributed by atoms with Gasteiger partial charge in [-0.2, -0.15) is 18.3 Å². The zero-order valence-corrected chi connectivity index (χ0v) is 18.2. The average molecular weight is 470 g/mol. The van der Waals surface area contributed by atoms with Crippen LogP contribution in [-0.2, 0) is 16.1 Å². The van der Waals surface area contributed by atoms with Gasteiger partial charge in [0.15, 0.2) is 0 Å². The maximum atomic E-state index is 12.9. The molecule has 2 aromatic rings. The maximum Gasteiger partial charge on any atom is 0.490 e. The average Bonchev–Trinajstić information content (AvgIpc) is 3.47. The largest absolute Gasteiger partial charge is 0.490 e. The summed E-state index contributed by atoms with van der Waals surface area (Å²) in [7, 11) is 0. The van der Waals surface area contributed by atoms with Crippen molar-refractivity contribution in [2.75, 3.05) is 19.7 Å². The summed E-state index contributed by atoms with van der Waals surface area (Å²) in [5.41, 5.74) is 1.22. The highest BCUT2D eigenvalue weighted by molar-refractivity contribution is 5.93. The van der Waals surface area contributed by atoms with Crippen LogP contribution in [0.1, 0.15) is 35.9 Å². The number of amides is 1. The number of aromatic nitrogens is 3. The minimum atomic E-state index is -5.08. The van der Waals surface area contributed by atoms with Crippen LogP contribution in [0.15, 0.2) is 30.5 Å². The number of carboxylic acids is 1. The van der Waals surface area contributed by atoms with E-state index in [1.165, 1.54) is 0 Å².